The van der Waals surface area contributed by atoms with Gasteiger partial charge in [-0.1, -0.05) is 6.07 Å². The lowest BCUT2D eigenvalue weighted by Crippen LogP contribution is -2.24. The highest BCUT2D eigenvalue weighted by Crippen LogP contribution is 2.31. The van der Waals surface area contributed by atoms with Crippen LogP contribution in [0.1, 0.15) is 18.4 Å². The molecule has 3 rings (SSSR count). The molecule has 2 aliphatic heterocycles. The minimum atomic E-state index is 0.160. The molecule has 2 aliphatic rings. The van der Waals surface area contributed by atoms with Crippen LogP contribution in [0.15, 0.2) is 18.2 Å². The highest BCUT2D eigenvalue weighted by atomic mass is 32.1. The molecule has 2 heterocycles. The summed E-state index contributed by atoms with van der Waals surface area (Å²) >= 11 is 4.36. The van der Waals surface area contributed by atoms with Crippen molar-refractivity contribution in [1.29, 1.82) is 0 Å². The lowest BCUT2D eigenvalue weighted by Gasteiger charge is -2.17. The standard InChI is InChI=1S/C14H17NO3S/c16-14-7-11(19)9-15(14)8-10-2-3-12-13(6-10)18-5-1-4-17-12/h2-3,6,11,19H,1,4-5,7-9H2. The van der Waals surface area contributed by atoms with Crippen LogP contribution in [0.4, 0.5) is 0 Å². The molecule has 1 unspecified atom stereocenters. The Morgan fingerprint density at radius 2 is 2.05 bits per heavy atom. The van der Waals surface area contributed by atoms with Crippen LogP contribution in [0.25, 0.3) is 0 Å². The van der Waals surface area contributed by atoms with E-state index in [9.17, 15) is 4.79 Å². The number of carbonyl (C=O) groups is 1. The number of ether oxygens (including phenoxy) is 2. The van der Waals surface area contributed by atoms with Crippen LogP contribution in [0.3, 0.4) is 0 Å². The van der Waals surface area contributed by atoms with Gasteiger partial charge in [-0.25, -0.2) is 0 Å². The first-order valence-corrected chi connectivity index (χ1v) is 7.08. The average molecular weight is 279 g/mol. The third-order valence-corrected chi connectivity index (χ3v) is 3.73. The summed E-state index contributed by atoms with van der Waals surface area (Å²) < 4.78 is 11.3. The number of rotatable bonds is 2. The van der Waals surface area contributed by atoms with Gasteiger partial charge in [0, 0.05) is 31.2 Å². The Morgan fingerprint density at radius 3 is 2.79 bits per heavy atom. The van der Waals surface area contributed by atoms with Gasteiger partial charge in [-0.15, -0.1) is 0 Å². The molecule has 0 aliphatic carbocycles. The monoisotopic (exact) mass is 279 g/mol. The van der Waals surface area contributed by atoms with Gasteiger partial charge in [-0.3, -0.25) is 4.79 Å². The van der Waals surface area contributed by atoms with Crippen molar-refractivity contribution in [2.24, 2.45) is 0 Å². The average Bonchev–Trinajstić information content (AvgIpc) is 2.60. The fraction of sp³-hybridized carbons (Fsp3) is 0.500. The zero-order valence-corrected chi connectivity index (χ0v) is 11.6. The summed E-state index contributed by atoms with van der Waals surface area (Å²) in [6.07, 6.45) is 1.43. The second-order valence-electron chi connectivity index (χ2n) is 4.96. The molecule has 0 spiro atoms. The Bertz CT molecular complexity index is 492. The Labute approximate surface area is 118 Å². The molecular weight excluding hydrogens is 262 g/mol. The van der Waals surface area contributed by atoms with E-state index in [1.165, 1.54) is 0 Å². The molecule has 1 saturated heterocycles. The van der Waals surface area contributed by atoms with E-state index in [0.29, 0.717) is 26.2 Å². The van der Waals surface area contributed by atoms with Gasteiger partial charge < -0.3 is 14.4 Å². The molecule has 1 fully saturated rings. The van der Waals surface area contributed by atoms with Crippen molar-refractivity contribution in [3.8, 4) is 11.5 Å². The van der Waals surface area contributed by atoms with Crippen LogP contribution in [0, 0.1) is 0 Å². The second kappa shape index (κ2) is 5.33. The van der Waals surface area contributed by atoms with Crippen molar-refractivity contribution < 1.29 is 14.3 Å². The van der Waals surface area contributed by atoms with E-state index >= 15 is 0 Å². The van der Waals surface area contributed by atoms with Crippen LogP contribution in [0.5, 0.6) is 11.5 Å². The molecule has 1 amide bonds. The maximum atomic E-state index is 11.8. The van der Waals surface area contributed by atoms with E-state index in [2.05, 4.69) is 12.6 Å². The minimum absolute atomic E-state index is 0.160. The normalized spacial score (nSPS) is 22.5. The van der Waals surface area contributed by atoms with Crippen LogP contribution < -0.4 is 9.47 Å². The number of likely N-dealkylation sites (tertiary alicyclic amines) is 1. The zero-order valence-electron chi connectivity index (χ0n) is 10.7. The van der Waals surface area contributed by atoms with E-state index in [-0.39, 0.29) is 11.2 Å². The van der Waals surface area contributed by atoms with Crippen LogP contribution in [-0.2, 0) is 11.3 Å². The number of benzene rings is 1. The van der Waals surface area contributed by atoms with Crippen molar-refractivity contribution in [3.05, 3.63) is 23.8 Å². The molecule has 102 valence electrons. The van der Waals surface area contributed by atoms with Crippen LogP contribution in [-0.4, -0.2) is 35.8 Å². The molecule has 0 N–H and O–H groups in total. The first kappa shape index (κ1) is 12.7. The number of hydrogen-bond donors (Lipinski definition) is 1. The predicted octanol–water partition coefficient (Wildman–Crippen LogP) is 1.88. The van der Waals surface area contributed by atoms with E-state index in [1.54, 1.807) is 0 Å². The van der Waals surface area contributed by atoms with Crippen LogP contribution >= 0.6 is 12.6 Å². The van der Waals surface area contributed by atoms with Gasteiger partial charge in [0.05, 0.1) is 13.2 Å². The molecule has 19 heavy (non-hydrogen) atoms. The number of fused-ring (bicyclic) bond motifs is 1. The van der Waals surface area contributed by atoms with Crippen molar-refractivity contribution in [1.82, 2.24) is 4.90 Å². The van der Waals surface area contributed by atoms with E-state index in [4.69, 9.17) is 9.47 Å². The summed E-state index contributed by atoms with van der Waals surface area (Å²) in [4.78, 5) is 13.6. The van der Waals surface area contributed by atoms with Gasteiger partial charge in [-0.2, -0.15) is 12.6 Å². The summed E-state index contributed by atoms with van der Waals surface area (Å²) in [5, 5.41) is 0.160. The zero-order chi connectivity index (χ0) is 13.2. The maximum Gasteiger partial charge on any atom is 0.224 e. The van der Waals surface area contributed by atoms with Crippen LogP contribution in [0.2, 0.25) is 0 Å². The summed E-state index contributed by atoms with van der Waals surface area (Å²) in [6, 6.07) is 5.89. The maximum absolute atomic E-state index is 11.8. The number of nitrogens with zero attached hydrogens (tertiary/aromatic N) is 1. The Hall–Kier alpha value is -1.36. The summed E-state index contributed by atoms with van der Waals surface area (Å²) in [7, 11) is 0. The quantitative estimate of drug-likeness (QED) is 0.840. The predicted molar refractivity (Wildman–Crippen MR) is 74.9 cm³/mol. The Morgan fingerprint density at radius 1 is 1.26 bits per heavy atom. The number of carbonyl (C=O) groups excluding carboxylic acids is 1. The van der Waals surface area contributed by atoms with Gasteiger partial charge in [-0.05, 0) is 17.7 Å². The van der Waals surface area contributed by atoms with Gasteiger partial charge in [0.15, 0.2) is 11.5 Å². The molecule has 0 saturated carbocycles. The number of hydrogen-bond acceptors (Lipinski definition) is 4. The van der Waals surface area contributed by atoms with E-state index in [0.717, 1.165) is 30.0 Å². The number of amides is 1. The fourth-order valence-corrected chi connectivity index (χ4v) is 2.78. The second-order valence-corrected chi connectivity index (χ2v) is 5.69. The van der Waals surface area contributed by atoms with Crippen molar-refractivity contribution >= 4 is 18.5 Å². The molecule has 0 aromatic heterocycles. The smallest absolute Gasteiger partial charge is 0.224 e. The lowest BCUT2D eigenvalue weighted by molar-refractivity contribution is -0.128. The third-order valence-electron chi connectivity index (χ3n) is 3.38. The Kier molecular flexibility index (Phi) is 3.55. The number of thiol groups is 1. The lowest BCUT2D eigenvalue weighted by atomic mass is 10.2. The first-order valence-electron chi connectivity index (χ1n) is 6.57. The molecule has 1 aromatic carbocycles. The van der Waals surface area contributed by atoms with E-state index in [1.807, 2.05) is 23.1 Å². The molecule has 4 nitrogen and oxygen atoms in total. The largest absolute Gasteiger partial charge is 0.490 e. The third kappa shape index (κ3) is 2.81. The topological polar surface area (TPSA) is 38.8 Å². The van der Waals surface area contributed by atoms with Gasteiger partial charge in [0.25, 0.3) is 0 Å². The molecule has 0 radical (unpaired) electrons. The summed E-state index contributed by atoms with van der Waals surface area (Å²) in [5.41, 5.74) is 1.07. The summed E-state index contributed by atoms with van der Waals surface area (Å²) in [5.74, 6) is 1.75. The highest BCUT2D eigenvalue weighted by molar-refractivity contribution is 7.81. The van der Waals surface area contributed by atoms with Gasteiger partial charge >= 0.3 is 0 Å². The highest BCUT2D eigenvalue weighted by Gasteiger charge is 2.27. The van der Waals surface area contributed by atoms with Crippen molar-refractivity contribution in [2.75, 3.05) is 19.8 Å². The van der Waals surface area contributed by atoms with Gasteiger partial charge in [0.2, 0.25) is 5.91 Å². The minimum Gasteiger partial charge on any atom is -0.490 e. The SMILES string of the molecule is O=C1CC(S)CN1Cc1ccc2c(c1)OCCCO2. The fourth-order valence-electron chi connectivity index (χ4n) is 2.43. The molecule has 1 aromatic rings. The molecule has 5 heteroatoms. The van der Waals surface area contributed by atoms with Crippen molar-refractivity contribution in [2.45, 2.75) is 24.6 Å². The molecule has 1 atom stereocenters. The first-order chi connectivity index (χ1) is 9.22. The van der Waals surface area contributed by atoms with Gasteiger partial charge in [0.1, 0.15) is 0 Å². The molecule has 0 bridgehead atoms. The Balaban J connectivity index is 1.75. The molecular formula is C14H17NO3S. The van der Waals surface area contributed by atoms with E-state index < -0.39 is 0 Å². The summed E-state index contributed by atoms with van der Waals surface area (Å²) in [6.45, 7) is 2.71. The van der Waals surface area contributed by atoms with Crippen molar-refractivity contribution in [3.63, 3.8) is 0 Å².